The number of rotatable bonds is 3. The molecule has 9 heteroatoms. The van der Waals surface area contributed by atoms with Gasteiger partial charge in [-0.25, -0.2) is 4.79 Å². The average molecular weight is 268 g/mol. The van der Waals surface area contributed by atoms with Crippen LogP contribution in [0.1, 0.15) is 0 Å². The zero-order valence-electron chi connectivity index (χ0n) is 10.0. The Morgan fingerprint density at radius 1 is 1.26 bits per heavy atom. The Balaban J connectivity index is 3.05. The van der Waals surface area contributed by atoms with Crippen LogP contribution in [0.5, 0.6) is 11.5 Å². The summed E-state index contributed by atoms with van der Waals surface area (Å²) in [6.45, 7) is 0. The zero-order valence-corrected chi connectivity index (χ0v) is 10.0. The number of fused-ring (bicyclic) bond motifs is 1. The number of hydrogen-bond acceptors (Lipinski definition) is 7. The molecular formula is C10H10N3O6-. The SMILES string of the molecule is COc1cc(N([O-])O)c(OC)c2c(=O)[nH]c(=O)[nH]c12. The molecule has 0 spiro atoms. The molecular weight excluding hydrogens is 258 g/mol. The first-order valence-electron chi connectivity index (χ1n) is 5.07. The van der Waals surface area contributed by atoms with Gasteiger partial charge in [-0.1, -0.05) is 0 Å². The Labute approximate surface area is 105 Å². The predicted molar refractivity (Wildman–Crippen MR) is 65.9 cm³/mol. The summed E-state index contributed by atoms with van der Waals surface area (Å²) in [5.41, 5.74) is -1.74. The van der Waals surface area contributed by atoms with E-state index < -0.39 is 16.5 Å². The van der Waals surface area contributed by atoms with Crippen molar-refractivity contribution in [1.82, 2.24) is 9.97 Å². The molecule has 0 aliphatic carbocycles. The third kappa shape index (κ3) is 2.00. The Morgan fingerprint density at radius 2 is 1.95 bits per heavy atom. The molecule has 2 rings (SSSR count). The van der Waals surface area contributed by atoms with Gasteiger partial charge in [-0.3, -0.25) is 15.0 Å². The summed E-state index contributed by atoms with van der Waals surface area (Å²) in [6.07, 6.45) is 0. The summed E-state index contributed by atoms with van der Waals surface area (Å²) >= 11 is 0. The second-order valence-corrected chi connectivity index (χ2v) is 3.56. The molecule has 102 valence electrons. The topological polar surface area (TPSA) is 131 Å². The van der Waals surface area contributed by atoms with Crippen molar-refractivity contribution in [2.45, 2.75) is 0 Å². The average Bonchev–Trinajstić information content (AvgIpc) is 2.36. The molecule has 1 aromatic carbocycles. The van der Waals surface area contributed by atoms with E-state index in [0.29, 0.717) is 0 Å². The van der Waals surface area contributed by atoms with Gasteiger partial charge in [0.15, 0.2) is 5.75 Å². The van der Waals surface area contributed by atoms with Gasteiger partial charge in [-0.15, -0.1) is 0 Å². The number of anilines is 1. The van der Waals surface area contributed by atoms with Crippen molar-refractivity contribution < 1.29 is 14.7 Å². The summed E-state index contributed by atoms with van der Waals surface area (Å²) < 4.78 is 9.91. The van der Waals surface area contributed by atoms with E-state index in [1.807, 2.05) is 4.98 Å². The molecule has 0 aliphatic rings. The van der Waals surface area contributed by atoms with Crippen LogP contribution in [0.4, 0.5) is 5.69 Å². The number of nitrogens with zero attached hydrogens (tertiary/aromatic N) is 1. The van der Waals surface area contributed by atoms with Crippen molar-refractivity contribution in [1.29, 1.82) is 0 Å². The lowest BCUT2D eigenvalue weighted by molar-refractivity contribution is 0.290. The van der Waals surface area contributed by atoms with E-state index in [2.05, 4.69) is 4.98 Å². The van der Waals surface area contributed by atoms with Crippen LogP contribution in [0.15, 0.2) is 15.7 Å². The van der Waals surface area contributed by atoms with E-state index in [1.54, 1.807) is 0 Å². The maximum absolute atomic E-state index is 11.8. The van der Waals surface area contributed by atoms with Gasteiger partial charge in [0.25, 0.3) is 5.56 Å². The fourth-order valence-electron chi connectivity index (χ4n) is 1.79. The van der Waals surface area contributed by atoms with Gasteiger partial charge in [0, 0.05) is 6.07 Å². The van der Waals surface area contributed by atoms with Crippen LogP contribution in [0, 0.1) is 5.21 Å². The first kappa shape index (κ1) is 12.9. The lowest BCUT2D eigenvalue weighted by Gasteiger charge is -2.25. The summed E-state index contributed by atoms with van der Waals surface area (Å²) in [4.78, 5) is 27.4. The predicted octanol–water partition coefficient (Wildman–Crippen LogP) is -0.0730. The largest absolute Gasteiger partial charge is 0.733 e. The quantitative estimate of drug-likeness (QED) is 0.664. The number of nitrogens with one attached hydrogen (secondary N) is 2. The highest BCUT2D eigenvalue weighted by molar-refractivity contribution is 5.94. The monoisotopic (exact) mass is 268 g/mol. The van der Waals surface area contributed by atoms with Crippen molar-refractivity contribution >= 4 is 16.6 Å². The minimum atomic E-state index is -0.766. The van der Waals surface area contributed by atoms with Crippen LogP contribution >= 0.6 is 0 Å². The van der Waals surface area contributed by atoms with Crippen LogP contribution < -0.4 is 25.9 Å². The molecule has 2 aromatic rings. The van der Waals surface area contributed by atoms with E-state index >= 15 is 0 Å². The van der Waals surface area contributed by atoms with E-state index in [4.69, 9.17) is 14.7 Å². The van der Waals surface area contributed by atoms with Crippen molar-refractivity contribution in [2.24, 2.45) is 0 Å². The summed E-state index contributed by atoms with van der Waals surface area (Å²) in [7, 11) is 2.51. The first-order chi connectivity index (χ1) is 8.99. The molecule has 19 heavy (non-hydrogen) atoms. The fourth-order valence-corrected chi connectivity index (χ4v) is 1.79. The number of methoxy groups -OCH3 is 2. The third-order valence-corrected chi connectivity index (χ3v) is 2.55. The molecule has 0 radical (unpaired) electrons. The maximum atomic E-state index is 11.8. The molecule has 9 nitrogen and oxygen atoms in total. The highest BCUT2D eigenvalue weighted by atomic mass is 16.8. The minimum Gasteiger partial charge on any atom is -0.733 e. The van der Waals surface area contributed by atoms with Crippen molar-refractivity contribution in [3.63, 3.8) is 0 Å². The van der Waals surface area contributed by atoms with E-state index in [-0.39, 0.29) is 28.1 Å². The van der Waals surface area contributed by atoms with Gasteiger partial charge in [0.1, 0.15) is 16.7 Å². The van der Waals surface area contributed by atoms with Gasteiger partial charge < -0.3 is 24.9 Å². The van der Waals surface area contributed by atoms with Crippen molar-refractivity contribution in [3.05, 3.63) is 32.1 Å². The summed E-state index contributed by atoms with van der Waals surface area (Å²) in [5.74, 6) is -0.130. The third-order valence-electron chi connectivity index (χ3n) is 2.55. The molecule has 0 atom stereocenters. The van der Waals surface area contributed by atoms with E-state index in [0.717, 1.165) is 6.07 Å². The molecule has 3 N–H and O–H groups in total. The molecule has 0 fully saturated rings. The number of benzene rings is 1. The van der Waals surface area contributed by atoms with Crippen LogP contribution in [-0.4, -0.2) is 29.4 Å². The van der Waals surface area contributed by atoms with E-state index in [9.17, 15) is 14.8 Å². The maximum Gasteiger partial charge on any atom is 0.326 e. The van der Waals surface area contributed by atoms with Crippen molar-refractivity contribution in [2.75, 3.05) is 19.4 Å². The van der Waals surface area contributed by atoms with Crippen LogP contribution in [0.3, 0.4) is 0 Å². The Morgan fingerprint density at radius 3 is 2.47 bits per heavy atom. The standard InChI is InChI=1S/C10H10N3O6/c1-18-5-3-4(13(16)17)8(19-2)6-7(5)11-10(15)12-9(6)14/h3,16H,1-2H3,(H2,11,12,14,15)/q-1. The Hall–Kier alpha value is -2.52. The Bertz CT molecular complexity index is 732. The fraction of sp³-hybridized carbons (Fsp3) is 0.200. The molecule has 0 saturated heterocycles. The lowest BCUT2D eigenvalue weighted by Crippen LogP contribution is -2.23. The van der Waals surface area contributed by atoms with Crippen LogP contribution in [-0.2, 0) is 0 Å². The normalized spacial score (nSPS) is 10.5. The molecule has 0 amide bonds. The molecule has 1 aromatic heterocycles. The smallest absolute Gasteiger partial charge is 0.326 e. The molecule has 0 saturated carbocycles. The first-order valence-corrected chi connectivity index (χ1v) is 5.07. The molecule has 0 bridgehead atoms. The number of aromatic amines is 2. The van der Waals surface area contributed by atoms with Crippen LogP contribution in [0.25, 0.3) is 10.9 Å². The number of ether oxygens (including phenoxy) is 2. The van der Waals surface area contributed by atoms with Gasteiger partial charge >= 0.3 is 5.69 Å². The highest BCUT2D eigenvalue weighted by Gasteiger charge is 2.18. The minimum absolute atomic E-state index is 0.0453. The molecule has 0 aliphatic heterocycles. The number of aromatic nitrogens is 2. The van der Waals surface area contributed by atoms with Gasteiger partial charge in [-0.2, -0.15) is 0 Å². The van der Waals surface area contributed by atoms with Gasteiger partial charge in [0.2, 0.25) is 0 Å². The lowest BCUT2D eigenvalue weighted by atomic mass is 10.2. The molecule has 0 unspecified atom stereocenters. The van der Waals surface area contributed by atoms with Crippen molar-refractivity contribution in [3.8, 4) is 11.5 Å². The van der Waals surface area contributed by atoms with Gasteiger partial charge in [-0.05, 0) is 0 Å². The zero-order chi connectivity index (χ0) is 14.2. The number of H-pyrrole nitrogens is 2. The second kappa shape index (κ2) is 4.63. The Kier molecular flexibility index (Phi) is 3.15. The second-order valence-electron chi connectivity index (χ2n) is 3.56. The van der Waals surface area contributed by atoms with E-state index in [1.165, 1.54) is 14.2 Å². The number of hydrogen-bond donors (Lipinski definition) is 3. The summed E-state index contributed by atoms with van der Waals surface area (Å²) in [6, 6.07) is 1.14. The summed E-state index contributed by atoms with van der Waals surface area (Å²) in [5, 5.41) is 19.5. The van der Waals surface area contributed by atoms with Gasteiger partial charge in [0.05, 0.1) is 19.9 Å². The highest BCUT2D eigenvalue weighted by Crippen LogP contribution is 2.38. The van der Waals surface area contributed by atoms with Crippen LogP contribution in [0.2, 0.25) is 0 Å². The molecule has 1 heterocycles.